The van der Waals surface area contributed by atoms with Gasteiger partial charge in [-0.25, -0.2) is 9.37 Å². The van der Waals surface area contributed by atoms with Gasteiger partial charge in [-0.3, -0.25) is 4.79 Å². The normalized spacial score (nSPS) is 10.7. The largest absolute Gasteiger partial charge is 0.494 e. The summed E-state index contributed by atoms with van der Waals surface area (Å²) in [6.45, 7) is 0. The molecule has 1 aromatic heterocycles. The summed E-state index contributed by atoms with van der Waals surface area (Å²) < 4.78 is 18.4. The molecule has 0 saturated carbocycles. The Labute approximate surface area is 132 Å². The van der Waals surface area contributed by atoms with E-state index in [2.05, 4.69) is 10.3 Å². The van der Waals surface area contributed by atoms with Crippen molar-refractivity contribution in [3.63, 3.8) is 0 Å². The van der Waals surface area contributed by atoms with Crippen LogP contribution in [0.4, 0.5) is 10.1 Å². The Balaban J connectivity index is 1.99. The Bertz CT molecular complexity index is 687. The second kappa shape index (κ2) is 7.61. The molecule has 2 rings (SSSR count). The highest BCUT2D eigenvalue weighted by molar-refractivity contribution is 7.98. The Kier molecular flexibility index (Phi) is 5.55. The second-order valence-corrected chi connectivity index (χ2v) is 5.13. The molecule has 114 valence electrons. The van der Waals surface area contributed by atoms with E-state index in [-0.39, 0.29) is 11.7 Å². The number of hydrogen-bond acceptors (Lipinski definition) is 4. The van der Waals surface area contributed by atoms with Crippen molar-refractivity contribution in [3.8, 4) is 5.75 Å². The molecule has 0 aliphatic carbocycles. The number of halogens is 1. The van der Waals surface area contributed by atoms with Gasteiger partial charge in [-0.1, -0.05) is 6.07 Å². The maximum absolute atomic E-state index is 13.5. The number of aromatic nitrogens is 1. The van der Waals surface area contributed by atoms with Crippen molar-refractivity contribution in [1.82, 2.24) is 4.98 Å². The van der Waals surface area contributed by atoms with Gasteiger partial charge in [-0.15, -0.1) is 11.8 Å². The van der Waals surface area contributed by atoms with Crippen LogP contribution in [0, 0.1) is 5.82 Å². The minimum Gasteiger partial charge on any atom is -0.494 e. The summed E-state index contributed by atoms with van der Waals surface area (Å²) in [4.78, 5) is 16.0. The number of carbonyl (C=O) groups excluding carboxylic acids is 1. The third-order valence-electron chi connectivity index (χ3n) is 2.82. The molecule has 1 N–H and O–H groups in total. The molecule has 0 aliphatic heterocycles. The summed E-state index contributed by atoms with van der Waals surface area (Å²) in [5.74, 6) is -0.613. The zero-order chi connectivity index (χ0) is 15.9. The van der Waals surface area contributed by atoms with Crippen LogP contribution in [0.3, 0.4) is 0 Å². The molecule has 2 aromatic rings. The number of methoxy groups -OCH3 is 1. The van der Waals surface area contributed by atoms with Gasteiger partial charge >= 0.3 is 0 Å². The molecule has 6 heteroatoms. The first-order valence-electron chi connectivity index (χ1n) is 6.45. The first-order valence-corrected chi connectivity index (χ1v) is 7.67. The van der Waals surface area contributed by atoms with Crippen LogP contribution in [0.2, 0.25) is 0 Å². The third-order valence-corrected chi connectivity index (χ3v) is 3.48. The number of amides is 1. The first kappa shape index (κ1) is 16.0. The Morgan fingerprint density at radius 3 is 2.77 bits per heavy atom. The molecule has 0 radical (unpaired) electrons. The number of thioether (sulfide) groups is 1. The smallest absolute Gasteiger partial charge is 0.248 e. The fourth-order valence-electron chi connectivity index (χ4n) is 1.72. The number of carbonyl (C=O) groups is 1. The molecule has 0 bridgehead atoms. The highest BCUT2D eigenvalue weighted by Gasteiger charge is 2.02. The van der Waals surface area contributed by atoms with Crippen molar-refractivity contribution in [3.05, 3.63) is 54.0 Å². The molecule has 1 heterocycles. The average molecular weight is 318 g/mol. The van der Waals surface area contributed by atoms with Crippen molar-refractivity contribution in [2.75, 3.05) is 18.7 Å². The number of anilines is 1. The molecular formula is C16H15FN2O2S. The fraction of sp³-hybridized carbons (Fsp3) is 0.125. The van der Waals surface area contributed by atoms with Gasteiger partial charge < -0.3 is 10.1 Å². The van der Waals surface area contributed by atoms with Crippen molar-refractivity contribution in [2.45, 2.75) is 5.03 Å². The SMILES string of the molecule is COc1ccc(/C=C/C(=O)Nc2ccc(SC)nc2)cc1F. The maximum Gasteiger partial charge on any atom is 0.248 e. The summed E-state index contributed by atoms with van der Waals surface area (Å²) in [6.07, 6.45) is 6.38. The monoisotopic (exact) mass is 318 g/mol. The molecular weight excluding hydrogens is 303 g/mol. The minimum absolute atomic E-state index is 0.168. The predicted molar refractivity (Wildman–Crippen MR) is 86.6 cm³/mol. The molecule has 4 nitrogen and oxygen atoms in total. The summed E-state index contributed by atoms with van der Waals surface area (Å²) in [5.41, 5.74) is 1.18. The zero-order valence-corrected chi connectivity index (χ0v) is 13.0. The standard InChI is InChI=1S/C16H15FN2O2S/c1-21-14-6-3-11(9-13(14)17)4-7-15(20)19-12-5-8-16(22-2)18-10-12/h3-10H,1-2H3,(H,19,20)/b7-4+. The lowest BCUT2D eigenvalue weighted by Crippen LogP contribution is -2.07. The number of pyridine rings is 1. The minimum atomic E-state index is -0.470. The van der Waals surface area contributed by atoms with E-state index in [1.807, 2.05) is 12.3 Å². The summed E-state index contributed by atoms with van der Waals surface area (Å²) in [7, 11) is 1.40. The van der Waals surface area contributed by atoms with Crippen molar-refractivity contribution in [2.24, 2.45) is 0 Å². The van der Waals surface area contributed by atoms with E-state index in [1.54, 1.807) is 18.3 Å². The van der Waals surface area contributed by atoms with Gasteiger partial charge in [-0.05, 0) is 42.2 Å². The summed E-state index contributed by atoms with van der Waals surface area (Å²) in [5, 5.41) is 3.56. The van der Waals surface area contributed by atoms with Gasteiger partial charge in [0.15, 0.2) is 11.6 Å². The molecule has 22 heavy (non-hydrogen) atoms. The van der Waals surface area contributed by atoms with Crippen LogP contribution >= 0.6 is 11.8 Å². The summed E-state index contributed by atoms with van der Waals surface area (Å²) >= 11 is 1.52. The van der Waals surface area contributed by atoms with Crippen LogP contribution in [-0.2, 0) is 4.79 Å². The lowest BCUT2D eigenvalue weighted by atomic mass is 10.2. The van der Waals surface area contributed by atoms with Crippen LogP contribution in [-0.4, -0.2) is 24.3 Å². The molecule has 0 fully saturated rings. The van der Waals surface area contributed by atoms with E-state index in [0.717, 1.165) is 5.03 Å². The van der Waals surface area contributed by atoms with Crippen LogP contribution in [0.5, 0.6) is 5.75 Å². The molecule has 1 amide bonds. The van der Waals surface area contributed by atoms with Crippen molar-refractivity contribution >= 4 is 29.4 Å². The molecule has 0 spiro atoms. The Hall–Kier alpha value is -2.34. The average Bonchev–Trinajstić information content (AvgIpc) is 2.54. The van der Waals surface area contributed by atoms with E-state index in [0.29, 0.717) is 11.3 Å². The zero-order valence-electron chi connectivity index (χ0n) is 12.2. The lowest BCUT2D eigenvalue weighted by Gasteiger charge is -2.03. The topological polar surface area (TPSA) is 51.2 Å². The van der Waals surface area contributed by atoms with Crippen LogP contribution < -0.4 is 10.1 Å². The van der Waals surface area contributed by atoms with Gasteiger partial charge in [0.05, 0.1) is 24.0 Å². The first-order chi connectivity index (χ1) is 10.6. The van der Waals surface area contributed by atoms with E-state index >= 15 is 0 Å². The van der Waals surface area contributed by atoms with E-state index in [1.165, 1.54) is 43.2 Å². The fourth-order valence-corrected chi connectivity index (χ4v) is 2.08. The number of nitrogens with zero attached hydrogens (tertiary/aromatic N) is 1. The van der Waals surface area contributed by atoms with Gasteiger partial charge in [0, 0.05) is 6.08 Å². The predicted octanol–water partition coefficient (Wildman–Crippen LogP) is 3.60. The number of hydrogen-bond donors (Lipinski definition) is 1. The van der Waals surface area contributed by atoms with Gasteiger partial charge in [0.1, 0.15) is 0 Å². The second-order valence-electron chi connectivity index (χ2n) is 4.31. The van der Waals surface area contributed by atoms with Crippen molar-refractivity contribution in [1.29, 1.82) is 0 Å². The lowest BCUT2D eigenvalue weighted by molar-refractivity contribution is -0.111. The number of rotatable bonds is 5. The van der Waals surface area contributed by atoms with E-state index in [9.17, 15) is 9.18 Å². The third kappa shape index (κ3) is 4.33. The van der Waals surface area contributed by atoms with Crippen LogP contribution in [0.25, 0.3) is 6.08 Å². The maximum atomic E-state index is 13.5. The highest BCUT2D eigenvalue weighted by Crippen LogP contribution is 2.18. The highest BCUT2D eigenvalue weighted by atomic mass is 32.2. The Morgan fingerprint density at radius 1 is 1.36 bits per heavy atom. The molecule has 1 aromatic carbocycles. The van der Waals surface area contributed by atoms with E-state index < -0.39 is 5.82 Å². The number of benzene rings is 1. The van der Waals surface area contributed by atoms with E-state index in [4.69, 9.17) is 4.74 Å². The molecule has 0 atom stereocenters. The van der Waals surface area contributed by atoms with Crippen LogP contribution in [0.1, 0.15) is 5.56 Å². The van der Waals surface area contributed by atoms with Crippen molar-refractivity contribution < 1.29 is 13.9 Å². The quantitative estimate of drug-likeness (QED) is 0.676. The van der Waals surface area contributed by atoms with Gasteiger partial charge in [-0.2, -0.15) is 0 Å². The number of nitrogens with one attached hydrogen (secondary N) is 1. The summed E-state index contributed by atoms with van der Waals surface area (Å²) in [6, 6.07) is 8.08. The van der Waals surface area contributed by atoms with Gasteiger partial charge in [0.25, 0.3) is 0 Å². The molecule has 0 aliphatic rings. The molecule has 0 saturated heterocycles. The number of ether oxygens (including phenoxy) is 1. The van der Waals surface area contributed by atoms with Crippen LogP contribution in [0.15, 0.2) is 47.6 Å². The molecule has 0 unspecified atom stereocenters. The Morgan fingerprint density at radius 2 is 2.18 bits per heavy atom. The van der Waals surface area contributed by atoms with Gasteiger partial charge in [0.2, 0.25) is 5.91 Å².